The van der Waals surface area contributed by atoms with Crippen LogP contribution in [0, 0.1) is 0 Å². The molecule has 1 fully saturated rings. The first-order valence-corrected chi connectivity index (χ1v) is 12.3. The highest BCUT2D eigenvalue weighted by molar-refractivity contribution is 6.01. The van der Waals surface area contributed by atoms with E-state index in [0.29, 0.717) is 11.5 Å². The van der Waals surface area contributed by atoms with Gasteiger partial charge in [0.1, 0.15) is 0 Å². The molecule has 0 saturated carbocycles. The van der Waals surface area contributed by atoms with Crippen molar-refractivity contribution in [2.75, 3.05) is 0 Å². The summed E-state index contributed by atoms with van der Waals surface area (Å²) in [5, 5.41) is 9.20. The van der Waals surface area contributed by atoms with Gasteiger partial charge in [0, 0.05) is 25.7 Å². The Morgan fingerprint density at radius 3 is 1.29 bits per heavy atom. The smallest absolute Gasteiger partial charge is 0.333 e. The zero-order valence-corrected chi connectivity index (χ0v) is 19.1. The molecule has 1 rings (SSSR count). The minimum Gasteiger partial charge on any atom is -0.481 e. The van der Waals surface area contributed by atoms with Crippen LogP contribution in [0.3, 0.4) is 0 Å². The number of imide groups is 1. The lowest BCUT2D eigenvalue weighted by atomic mass is 10.0. The summed E-state index contributed by atoms with van der Waals surface area (Å²) in [7, 11) is 0. The van der Waals surface area contributed by atoms with Crippen LogP contribution >= 0.6 is 0 Å². The van der Waals surface area contributed by atoms with Gasteiger partial charge in [-0.3, -0.25) is 14.4 Å². The predicted molar refractivity (Wildman–Crippen MR) is 118 cm³/mol. The normalized spacial score (nSPS) is 13.7. The summed E-state index contributed by atoms with van der Waals surface area (Å²) in [5.74, 6) is -2.04. The van der Waals surface area contributed by atoms with Crippen molar-refractivity contribution in [2.45, 2.75) is 128 Å². The molecule has 0 bridgehead atoms. The summed E-state index contributed by atoms with van der Waals surface area (Å²) < 4.78 is 0. The number of rotatable bonds is 20. The highest BCUT2D eigenvalue weighted by atomic mass is 16.7. The third kappa shape index (κ3) is 14.7. The number of hydrogen-bond acceptors (Lipinski definition) is 5. The monoisotopic (exact) mass is 439 g/mol. The van der Waals surface area contributed by atoms with E-state index in [1.54, 1.807) is 0 Å². The first-order chi connectivity index (χ1) is 15.0. The fourth-order valence-electron chi connectivity index (χ4n) is 3.83. The average molecular weight is 440 g/mol. The highest BCUT2D eigenvalue weighted by Crippen LogP contribution is 2.16. The van der Waals surface area contributed by atoms with Gasteiger partial charge in [-0.1, -0.05) is 89.9 Å². The van der Waals surface area contributed by atoms with E-state index in [-0.39, 0.29) is 19.3 Å². The Balaban J connectivity index is 1.76. The Morgan fingerprint density at radius 1 is 0.613 bits per heavy atom. The van der Waals surface area contributed by atoms with Crippen LogP contribution in [-0.2, 0) is 24.0 Å². The van der Waals surface area contributed by atoms with Crippen LogP contribution in [0.4, 0.5) is 0 Å². The van der Waals surface area contributed by atoms with Crippen molar-refractivity contribution < 1.29 is 29.1 Å². The van der Waals surface area contributed by atoms with Gasteiger partial charge in [-0.15, -0.1) is 5.06 Å². The van der Waals surface area contributed by atoms with Crippen molar-refractivity contribution in [1.29, 1.82) is 0 Å². The lowest BCUT2D eigenvalue weighted by Gasteiger charge is -2.12. The van der Waals surface area contributed by atoms with Crippen LogP contribution in [0.2, 0.25) is 0 Å². The van der Waals surface area contributed by atoms with E-state index in [0.717, 1.165) is 38.5 Å². The molecule has 2 amide bonds. The Morgan fingerprint density at radius 2 is 0.935 bits per heavy atom. The number of hydroxylamine groups is 2. The van der Waals surface area contributed by atoms with Crippen LogP contribution in [0.15, 0.2) is 0 Å². The van der Waals surface area contributed by atoms with Crippen LogP contribution in [0.1, 0.15) is 128 Å². The molecule has 0 aromatic rings. The summed E-state index contributed by atoms with van der Waals surface area (Å²) in [4.78, 5) is 49.7. The lowest BCUT2D eigenvalue weighted by molar-refractivity contribution is -0.197. The van der Waals surface area contributed by atoms with Gasteiger partial charge in [0.25, 0.3) is 11.8 Å². The Kier molecular flexibility index (Phi) is 15.5. The summed E-state index contributed by atoms with van der Waals surface area (Å²) in [5.41, 5.74) is 0. The second-order valence-corrected chi connectivity index (χ2v) is 8.60. The molecule has 0 spiro atoms. The number of aliphatic carboxylic acids is 1. The fraction of sp³-hybridized carbons (Fsp3) is 0.833. The van der Waals surface area contributed by atoms with E-state index < -0.39 is 23.8 Å². The standard InChI is InChI=1S/C24H41NO6/c26-21-19-20-22(27)25(21)31-24(30)18-16-14-12-10-8-6-4-2-1-3-5-7-9-11-13-15-17-23(28)29/h1-20H2,(H,28,29). The maximum atomic E-state index is 11.7. The molecule has 31 heavy (non-hydrogen) atoms. The molecule has 1 heterocycles. The van der Waals surface area contributed by atoms with E-state index in [4.69, 9.17) is 9.94 Å². The average Bonchev–Trinajstić information content (AvgIpc) is 3.04. The summed E-state index contributed by atoms with van der Waals surface area (Å²) >= 11 is 0. The van der Waals surface area contributed by atoms with Gasteiger partial charge >= 0.3 is 11.9 Å². The van der Waals surface area contributed by atoms with Crippen LogP contribution in [0.25, 0.3) is 0 Å². The zero-order chi connectivity index (χ0) is 22.7. The topological polar surface area (TPSA) is 101 Å². The van der Waals surface area contributed by atoms with Crippen molar-refractivity contribution in [2.24, 2.45) is 0 Å². The molecule has 1 aliphatic heterocycles. The van der Waals surface area contributed by atoms with E-state index >= 15 is 0 Å². The molecule has 1 aliphatic rings. The van der Waals surface area contributed by atoms with Gasteiger partial charge in [-0.05, 0) is 12.8 Å². The molecule has 0 unspecified atom stereocenters. The molecule has 178 valence electrons. The zero-order valence-electron chi connectivity index (χ0n) is 19.1. The molecule has 0 aromatic carbocycles. The van der Waals surface area contributed by atoms with Crippen molar-refractivity contribution >= 4 is 23.8 Å². The number of carbonyl (C=O) groups excluding carboxylic acids is 3. The summed E-state index contributed by atoms with van der Waals surface area (Å²) in [6, 6.07) is 0. The second-order valence-electron chi connectivity index (χ2n) is 8.60. The Hall–Kier alpha value is -1.92. The van der Waals surface area contributed by atoms with Gasteiger partial charge < -0.3 is 9.94 Å². The molecule has 0 aliphatic carbocycles. The van der Waals surface area contributed by atoms with Gasteiger partial charge in [-0.25, -0.2) is 4.79 Å². The lowest BCUT2D eigenvalue weighted by Crippen LogP contribution is -2.31. The van der Waals surface area contributed by atoms with Crippen LogP contribution < -0.4 is 0 Å². The molecule has 1 N–H and O–H groups in total. The van der Waals surface area contributed by atoms with E-state index in [1.807, 2.05) is 0 Å². The number of nitrogens with zero attached hydrogens (tertiary/aromatic N) is 1. The van der Waals surface area contributed by atoms with E-state index in [9.17, 15) is 19.2 Å². The number of carboxylic acids is 1. The molecule has 0 radical (unpaired) electrons. The number of carboxylic acid groups (broad SMARTS) is 1. The molecule has 7 heteroatoms. The van der Waals surface area contributed by atoms with Gasteiger partial charge in [0.2, 0.25) is 0 Å². The summed E-state index contributed by atoms with van der Waals surface area (Å²) in [6.07, 6.45) is 19.3. The third-order valence-corrected chi connectivity index (χ3v) is 5.72. The maximum Gasteiger partial charge on any atom is 0.333 e. The largest absolute Gasteiger partial charge is 0.481 e. The number of carbonyl (C=O) groups is 4. The first kappa shape index (κ1) is 27.1. The van der Waals surface area contributed by atoms with Crippen molar-refractivity contribution in [3.05, 3.63) is 0 Å². The molecule has 7 nitrogen and oxygen atoms in total. The number of unbranched alkanes of at least 4 members (excludes halogenated alkanes) is 15. The SMILES string of the molecule is O=C(O)CCCCCCCCCCCCCCCCCCC(=O)ON1C(=O)CCC1=O. The Bertz CT molecular complexity index is 532. The van der Waals surface area contributed by atoms with Crippen molar-refractivity contribution in [3.63, 3.8) is 0 Å². The highest BCUT2D eigenvalue weighted by Gasteiger charge is 2.32. The molecular formula is C24H41NO6. The summed E-state index contributed by atoms with van der Waals surface area (Å²) in [6.45, 7) is 0. The van der Waals surface area contributed by atoms with Gasteiger partial charge in [0.15, 0.2) is 0 Å². The minimum atomic E-state index is -0.686. The molecule has 1 saturated heterocycles. The third-order valence-electron chi connectivity index (χ3n) is 5.72. The maximum absolute atomic E-state index is 11.7. The first-order valence-electron chi connectivity index (χ1n) is 12.3. The molecule has 0 atom stereocenters. The van der Waals surface area contributed by atoms with E-state index in [2.05, 4.69) is 0 Å². The van der Waals surface area contributed by atoms with Crippen LogP contribution in [-0.4, -0.2) is 33.9 Å². The Labute approximate surface area is 186 Å². The minimum absolute atomic E-state index is 0.129. The van der Waals surface area contributed by atoms with Crippen LogP contribution in [0.5, 0.6) is 0 Å². The quantitative estimate of drug-likeness (QED) is 0.193. The van der Waals surface area contributed by atoms with Gasteiger partial charge in [0.05, 0.1) is 0 Å². The van der Waals surface area contributed by atoms with Gasteiger partial charge in [-0.2, -0.15) is 0 Å². The number of amides is 2. The van der Waals surface area contributed by atoms with Crippen molar-refractivity contribution in [3.8, 4) is 0 Å². The van der Waals surface area contributed by atoms with Crippen molar-refractivity contribution in [1.82, 2.24) is 5.06 Å². The van der Waals surface area contributed by atoms with E-state index in [1.165, 1.54) is 64.2 Å². The fourth-order valence-corrected chi connectivity index (χ4v) is 3.83. The number of hydrogen-bond donors (Lipinski definition) is 1. The second kappa shape index (κ2) is 17.7. The molecular weight excluding hydrogens is 398 g/mol. The molecule has 0 aromatic heterocycles. The predicted octanol–water partition coefficient (Wildman–Crippen LogP) is 5.70.